The van der Waals surface area contributed by atoms with E-state index < -0.39 is 28.5 Å². The monoisotopic (exact) mass is 507 g/mol. The van der Waals surface area contributed by atoms with E-state index in [2.05, 4.69) is 4.99 Å². The summed E-state index contributed by atoms with van der Waals surface area (Å²) in [5.41, 5.74) is 1.10. The van der Waals surface area contributed by atoms with E-state index in [9.17, 15) is 24.5 Å². The van der Waals surface area contributed by atoms with E-state index in [0.29, 0.717) is 21.6 Å². The molecule has 0 spiro atoms. The molecule has 0 radical (unpaired) electrons. The van der Waals surface area contributed by atoms with Gasteiger partial charge in [-0.25, -0.2) is 14.6 Å². The highest BCUT2D eigenvalue weighted by atomic mass is 32.1. The summed E-state index contributed by atoms with van der Waals surface area (Å²) < 4.78 is 11.6. The van der Waals surface area contributed by atoms with Crippen LogP contribution in [-0.2, 0) is 14.3 Å². The quantitative estimate of drug-likeness (QED) is 0.285. The highest BCUT2D eigenvalue weighted by Gasteiger charge is 2.33. The van der Waals surface area contributed by atoms with Gasteiger partial charge < -0.3 is 9.47 Å². The Morgan fingerprint density at radius 1 is 1.17 bits per heavy atom. The van der Waals surface area contributed by atoms with E-state index in [0.717, 1.165) is 11.3 Å². The van der Waals surface area contributed by atoms with Crippen LogP contribution < -0.4 is 14.9 Å². The van der Waals surface area contributed by atoms with Crippen molar-refractivity contribution in [2.45, 2.75) is 19.9 Å². The topological polar surface area (TPSA) is 130 Å². The molecule has 0 saturated carbocycles. The summed E-state index contributed by atoms with van der Waals surface area (Å²) >= 11 is 1.06. The lowest BCUT2D eigenvalue weighted by atomic mass is 9.95. The molecular weight excluding hydrogens is 486 g/mol. The number of nitro benzene ring substituents is 1. The number of hydrogen-bond acceptors (Lipinski definition) is 9. The Bertz CT molecular complexity index is 1580. The van der Waals surface area contributed by atoms with Gasteiger partial charge in [-0.15, -0.1) is 0 Å². The van der Waals surface area contributed by atoms with Crippen molar-refractivity contribution in [2.75, 3.05) is 13.7 Å². The number of nitro groups is 1. The van der Waals surface area contributed by atoms with Gasteiger partial charge in [0.2, 0.25) is 0 Å². The molecule has 2 aromatic carbocycles. The van der Waals surface area contributed by atoms with Gasteiger partial charge in [0.15, 0.2) is 4.80 Å². The van der Waals surface area contributed by atoms with Crippen LogP contribution in [0, 0.1) is 10.1 Å². The number of rotatable bonds is 6. The van der Waals surface area contributed by atoms with Crippen molar-refractivity contribution in [3.8, 4) is 0 Å². The molecule has 0 bridgehead atoms. The zero-order valence-corrected chi connectivity index (χ0v) is 20.4. The second-order valence-electron chi connectivity index (χ2n) is 7.73. The Balaban J connectivity index is 1.95. The second-order valence-corrected chi connectivity index (χ2v) is 8.74. The van der Waals surface area contributed by atoms with Crippen LogP contribution in [0.1, 0.15) is 41.4 Å². The van der Waals surface area contributed by atoms with E-state index in [1.807, 2.05) is 0 Å². The lowest BCUT2D eigenvalue weighted by Crippen LogP contribution is -2.40. The van der Waals surface area contributed by atoms with Gasteiger partial charge in [0.05, 0.1) is 51.6 Å². The van der Waals surface area contributed by atoms with Gasteiger partial charge >= 0.3 is 11.9 Å². The molecule has 1 unspecified atom stereocenters. The number of esters is 2. The first-order chi connectivity index (χ1) is 17.3. The van der Waals surface area contributed by atoms with Gasteiger partial charge in [0, 0.05) is 6.07 Å². The van der Waals surface area contributed by atoms with Gasteiger partial charge in [-0.2, -0.15) is 0 Å². The van der Waals surface area contributed by atoms with E-state index in [1.165, 1.54) is 23.8 Å². The van der Waals surface area contributed by atoms with Crippen LogP contribution in [0.3, 0.4) is 0 Å². The Morgan fingerprint density at radius 3 is 2.50 bits per heavy atom. The molecule has 10 nitrogen and oxygen atoms in total. The summed E-state index contributed by atoms with van der Waals surface area (Å²) in [5, 5.41) is 11.4. The summed E-state index contributed by atoms with van der Waals surface area (Å²) in [6.07, 6.45) is 1.45. The Hall–Kier alpha value is -4.38. The fraction of sp³-hybridized carbons (Fsp3) is 0.200. The number of hydrogen-bond donors (Lipinski definition) is 0. The molecule has 1 aliphatic heterocycles. The number of benzene rings is 2. The molecule has 0 fully saturated rings. The molecular formula is C25H21N3O7S. The zero-order valence-electron chi connectivity index (χ0n) is 19.6. The van der Waals surface area contributed by atoms with Gasteiger partial charge in [-0.3, -0.25) is 19.5 Å². The highest BCUT2D eigenvalue weighted by molar-refractivity contribution is 7.07. The molecule has 4 rings (SSSR count). The number of allylic oxidation sites excluding steroid dienone is 1. The van der Waals surface area contributed by atoms with Crippen LogP contribution >= 0.6 is 11.3 Å². The maximum Gasteiger partial charge on any atom is 0.338 e. The summed E-state index contributed by atoms with van der Waals surface area (Å²) in [4.78, 5) is 54.2. The van der Waals surface area contributed by atoms with Gasteiger partial charge in [-0.1, -0.05) is 35.6 Å². The molecule has 3 aromatic rings. The smallest absolute Gasteiger partial charge is 0.338 e. The van der Waals surface area contributed by atoms with Crippen molar-refractivity contribution in [1.29, 1.82) is 0 Å². The number of aromatic nitrogens is 1. The van der Waals surface area contributed by atoms with Gasteiger partial charge in [-0.05, 0) is 43.7 Å². The Kier molecular flexibility index (Phi) is 6.93. The molecule has 36 heavy (non-hydrogen) atoms. The van der Waals surface area contributed by atoms with Gasteiger partial charge in [0.1, 0.15) is 0 Å². The lowest BCUT2D eigenvalue weighted by Gasteiger charge is -2.24. The predicted octanol–water partition coefficient (Wildman–Crippen LogP) is 2.49. The average Bonchev–Trinajstić information content (AvgIpc) is 3.17. The van der Waals surface area contributed by atoms with E-state index in [4.69, 9.17) is 9.47 Å². The molecule has 11 heteroatoms. The first-order valence-electron chi connectivity index (χ1n) is 10.9. The molecule has 1 aromatic heterocycles. The summed E-state index contributed by atoms with van der Waals surface area (Å²) in [6, 6.07) is 11.6. The maximum absolute atomic E-state index is 13.6. The molecule has 0 saturated heterocycles. The predicted molar refractivity (Wildman–Crippen MR) is 131 cm³/mol. The number of para-hydroxylation sites is 1. The van der Waals surface area contributed by atoms with Crippen LogP contribution in [0.4, 0.5) is 5.69 Å². The van der Waals surface area contributed by atoms with Crippen LogP contribution in [0.2, 0.25) is 0 Å². The first kappa shape index (κ1) is 24.7. The normalized spacial score (nSPS) is 15.2. The average molecular weight is 508 g/mol. The first-order valence-corrected chi connectivity index (χ1v) is 11.7. The highest BCUT2D eigenvalue weighted by Crippen LogP contribution is 2.31. The van der Waals surface area contributed by atoms with Crippen molar-refractivity contribution in [1.82, 2.24) is 4.57 Å². The standard InChI is InChI=1S/C25H21N3O7S/c1-4-35-24(31)20-14(2)26-25-27(21(20)15-9-11-16(12-10-15)23(30)34-3)22(29)19(36-25)13-17-7-5-6-8-18(17)28(32)33/h5-13,21H,4H2,1-3H3. The largest absolute Gasteiger partial charge is 0.465 e. The molecule has 1 aliphatic rings. The van der Waals surface area contributed by atoms with Crippen LogP contribution in [0.25, 0.3) is 6.08 Å². The summed E-state index contributed by atoms with van der Waals surface area (Å²) in [6.45, 7) is 3.46. The van der Waals surface area contributed by atoms with Crippen molar-refractivity contribution in [2.24, 2.45) is 4.99 Å². The van der Waals surface area contributed by atoms with Crippen LogP contribution in [0.5, 0.6) is 0 Å². The lowest BCUT2D eigenvalue weighted by molar-refractivity contribution is -0.385. The van der Waals surface area contributed by atoms with Crippen molar-refractivity contribution < 1.29 is 24.0 Å². The van der Waals surface area contributed by atoms with E-state index >= 15 is 0 Å². The molecule has 0 aliphatic carbocycles. The number of ether oxygens (including phenoxy) is 2. The third kappa shape index (κ3) is 4.48. The molecule has 1 atom stereocenters. The number of methoxy groups -OCH3 is 1. The Morgan fingerprint density at radius 2 is 1.86 bits per heavy atom. The fourth-order valence-electron chi connectivity index (χ4n) is 3.94. The minimum Gasteiger partial charge on any atom is -0.465 e. The SMILES string of the molecule is CCOC(=O)C1=C(C)N=c2sc(=Cc3ccccc3[N+](=O)[O-])c(=O)n2C1c1ccc(C(=O)OC)cc1. The van der Waals surface area contributed by atoms with Crippen molar-refractivity contribution >= 4 is 35.0 Å². The van der Waals surface area contributed by atoms with E-state index in [-0.39, 0.29) is 28.0 Å². The zero-order chi connectivity index (χ0) is 26.0. The fourth-order valence-corrected chi connectivity index (χ4v) is 4.98. The van der Waals surface area contributed by atoms with Crippen LogP contribution in [-0.4, -0.2) is 35.1 Å². The third-order valence-electron chi connectivity index (χ3n) is 5.58. The molecule has 184 valence electrons. The molecule has 0 N–H and O–H groups in total. The van der Waals surface area contributed by atoms with E-state index in [1.54, 1.807) is 56.3 Å². The number of carbonyl (C=O) groups excluding carboxylic acids is 2. The number of fused-ring (bicyclic) bond motifs is 1. The minimum atomic E-state index is -0.875. The van der Waals surface area contributed by atoms with Gasteiger partial charge in [0.25, 0.3) is 11.2 Å². The van der Waals surface area contributed by atoms with Crippen LogP contribution in [0.15, 0.2) is 69.6 Å². The molecule has 0 amide bonds. The number of nitrogens with zero attached hydrogens (tertiary/aromatic N) is 3. The maximum atomic E-state index is 13.6. The second kappa shape index (κ2) is 10.1. The molecule has 2 heterocycles. The van der Waals surface area contributed by atoms with Crippen molar-refractivity contribution in [3.05, 3.63) is 106 Å². The number of carbonyl (C=O) groups is 2. The number of thiazole rings is 1. The van der Waals surface area contributed by atoms with Crippen molar-refractivity contribution in [3.63, 3.8) is 0 Å². The Labute approximate surface area is 208 Å². The summed E-state index contributed by atoms with van der Waals surface area (Å²) in [7, 11) is 1.27. The third-order valence-corrected chi connectivity index (χ3v) is 6.57. The summed E-state index contributed by atoms with van der Waals surface area (Å²) in [5.74, 6) is -1.14. The minimum absolute atomic E-state index is 0.131.